The van der Waals surface area contributed by atoms with E-state index in [0.29, 0.717) is 5.56 Å². The maximum atomic E-state index is 11.8. The molecule has 0 saturated carbocycles. The zero-order chi connectivity index (χ0) is 17.6. The first-order valence-corrected chi connectivity index (χ1v) is 8.02. The second-order valence-electron chi connectivity index (χ2n) is 6.48. The highest BCUT2D eigenvalue weighted by molar-refractivity contribution is 6.03. The van der Waals surface area contributed by atoms with E-state index in [1.807, 2.05) is 0 Å². The molecule has 0 saturated heterocycles. The normalized spacial score (nSPS) is 16.0. The molecule has 1 aliphatic carbocycles. The maximum absolute atomic E-state index is 11.8. The van der Waals surface area contributed by atoms with Gasteiger partial charge in [0.2, 0.25) is 0 Å². The molecule has 1 unspecified atom stereocenters. The van der Waals surface area contributed by atoms with Gasteiger partial charge in [0, 0.05) is 5.92 Å². The number of fused-ring (bicyclic) bond motifs is 1. The summed E-state index contributed by atoms with van der Waals surface area (Å²) in [7, 11) is 0. The molecule has 4 heteroatoms. The lowest BCUT2D eigenvalue weighted by atomic mass is 9.83. The average Bonchev–Trinajstić information content (AvgIpc) is 2.95. The Balaban J connectivity index is 2.26. The molecule has 0 spiro atoms. The van der Waals surface area contributed by atoms with Gasteiger partial charge in [0.05, 0.1) is 11.1 Å². The van der Waals surface area contributed by atoms with Crippen LogP contribution in [0.3, 0.4) is 0 Å². The van der Waals surface area contributed by atoms with Crippen LogP contribution in [0.15, 0.2) is 24.3 Å². The zero-order valence-corrected chi connectivity index (χ0v) is 14.0. The lowest BCUT2D eigenvalue weighted by Crippen LogP contribution is -2.14. The number of carbonyl (C=O) groups is 2. The maximum Gasteiger partial charge on any atom is 0.336 e. The Hall–Kier alpha value is -2.62. The van der Waals surface area contributed by atoms with Crippen molar-refractivity contribution < 1.29 is 19.8 Å². The van der Waals surface area contributed by atoms with Crippen LogP contribution in [0.2, 0.25) is 0 Å². The lowest BCUT2D eigenvalue weighted by Gasteiger charge is -2.20. The van der Waals surface area contributed by atoms with E-state index in [0.717, 1.165) is 29.5 Å². The summed E-state index contributed by atoms with van der Waals surface area (Å²) in [6, 6.07) is 7.29. The van der Waals surface area contributed by atoms with Crippen molar-refractivity contribution in [3.05, 3.63) is 68.8 Å². The molecule has 4 nitrogen and oxygen atoms in total. The summed E-state index contributed by atoms with van der Waals surface area (Å²) < 4.78 is 0. The molecule has 24 heavy (non-hydrogen) atoms. The van der Waals surface area contributed by atoms with Gasteiger partial charge in [-0.15, -0.1) is 0 Å². The van der Waals surface area contributed by atoms with Gasteiger partial charge in [-0.05, 0) is 73.1 Å². The molecule has 2 aromatic rings. The van der Waals surface area contributed by atoms with Crippen LogP contribution in [-0.4, -0.2) is 22.2 Å². The van der Waals surface area contributed by atoms with Gasteiger partial charge in [-0.2, -0.15) is 0 Å². The molecule has 0 amide bonds. The van der Waals surface area contributed by atoms with E-state index in [2.05, 4.69) is 32.9 Å². The molecular formula is C20H20O4. The minimum absolute atomic E-state index is 0.0554. The Labute approximate surface area is 140 Å². The molecule has 0 fully saturated rings. The third-order valence-electron chi connectivity index (χ3n) is 5.31. The Kier molecular flexibility index (Phi) is 3.91. The zero-order valence-electron chi connectivity index (χ0n) is 14.0. The van der Waals surface area contributed by atoms with Crippen molar-refractivity contribution in [3.8, 4) is 0 Å². The number of hydrogen-bond acceptors (Lipinski definition) is 2. The lowest BCUT2D eigenvalue weighted by molar-refractivity contribution is 0.0650. The van der Waals surface area contributed by atoms with Gasteiger partial charge in [0.1, 0.15) is 0 Å². The largest absolute Gasteiger partial charge is 0.478 e. The summed E-state index contributed by atoms with van der Waals surface area (Å²) in [5.41, 5.74) is 6.09. The highest BCUT2D eigenvalue weighted by Gasteiger charge is 2.33. The van der Waals surface area contributed by atoms with E-state index in [-0.39, 0.29) is 17.0 Å². The first-order chi connectivity index (χ1) is 11.3. The minimum Gasteiger partial charge on any atom is -0.478 e. The van der Waals surface area contributed by atoms with Crippen molar-refractivity contribution in [3.63, 3.8) is 0 Å². The highest BCUT2D eigenvalue weighted by Crippen LogP contribution is 2.43. The van der Waals surface area contributed by atoms with E-state index in [1.165, 1.54) is 17.2 Å². The average molecular weight is 324 g/mol. The van der Waals surface area contributed by atoms with Crippen LogP contribution >= 0.6 is 0 Å². The molecule has 1 aliphatic rings. The second-order valence-corrected chi connectivity index (χ2v) is 6.48. The van der Waals surface area contributed by atoms with E-state index in [4.69, 9.17) is 0 Å². The number of aromatic carboxylic acids is 2. The highest BCUT2D eigenvalue weighted by atomic mass is 16.4. The van der Waals surface area contributed by atoms with Crippen molar-refractivity contribution in [1.82, 2.24) is 0 Å². The first-order valence-electron chi connectivity index (χ1n) is 8.02. The van der Waals surface area contributed by atoms with Crippen molar-refractivity contribution in [1.29, 1.82) is 0 Å². The standard InChI is InChI=1S/C20H20O4/c1-10-4-7-14(12(3)11(10)2)15-8-5-13-6-9-16(19(21)22)18(17(13)15)20(23)24/h4,6-7,9,15H,5,8H2,1-3H3,(H,21,22)(H,23,24). The molecule has 0 bridgehead atoms. The fourth-order valence-corrected chi connectivity index (χ4v) is 3.80. The van der Waals surface area contributed by atoms with Gasteiger partial charge in [0.15, 0.2) is 0 Å². The van der Waals surface area contributed by atoms with Gasteiger partial charge in [-0.3, -0.25) is 0 Å². The van der Waals surface area contributed by atoms with Crippen molar-refractivity contribution in [2.75, 3.05) is 0 Å². The molecule has 0 aromatic heterocycles. The van der Waals surface area contributed by atoms with E-state index >= 15 is 0 Å². The molecule has 1 atom stereocenters. The number of benzene rings is 2. The number of rotatable bonds is 3. The first kappa shape index (κ1) is 16.2. The van der Waals surface area contributed by atoms with Crippen LogP contribution in [-0.2, 0) is 6.42 Å². The quantitative estimate of drug-likeness (QED) is 0.892. The SMILES string of the molecule is Cc1ccc(C2CCc3ccc(C(=O)O)c(C(=O)O)c32)c(C)c1C. The van der Waals surface area contributed by atoms with Gasteiger partial charge in [-0.1, -0.05) is 18.2 Å². The van der Waals surface area contributed by atoms with E-state index in [9.17, 15) is 19.8 Å². The van der Waals surface area contributed by atoms with Crippen molar-refractivity contribution >= 4 is 11.9 Å². The van der Waals surface area contributed by atoms with Crippen molar-refractivity contribution in [2.45, 2.75) is 39.5 Å². The Bertz CT molecular complexity index is 864. The van der Waals surface area contributed by atoms with Crippen LogP contribution in [0.4, 0.5) is 0 Å². The summed E-state index contributed by atoms with van der Waals surface area (Å²) >= 11 is 0. The van der Waals surface area contributed by atoms with Crippen LogP contribution in [0.25, 0.3) is 0 Å². The molecular weight excluding hydrogens is 304 g/mol. The molecule has 2 N–H and O–H groups in total. The van der Waals surface area contributed by atoms with Crippen molar-refractivity contribution in [2.24, 2.45) is 0 Å². The summed E-state index contributed by atoms with van der Waals surface area (Å²) in [4.78, 5) is 23.3. The smallest absolute Gasteiger partial charge is 0.336 e. The molecule has 3 rings (SSSR count). The topological polar surface area (TPSA) is 74.6 Å². The Morgan fingerprint density at radius 3 is 2.29 bits per heavy atom. The van der Waals surface area contributed by atoms with Gasteiger partial charge < -0.3 is 10.2 Å². The third-order valence-corrected chi connectivity index (χ3v) is 5.31. The van der Waals surface area contributed by atoms with Gasteiger partial charge >= 0.3 is 11.9 Å². The van der Waals surface area contributed by atoms with Crippen LogP contribution in [0.1, 0.15) is 66.4 Å². The van der Waals surface area contributed by atoms with Gasteiger partial charge in [-0.25, -0.2) is 9.59 Å². The van der Waals surface area contributed by atoms with Crippen LogP contribution in [0.5, 0.6) is 0 Å². The fraction of sp³-hybridized carbons (Fsp3) is 0.300. The third kappa shape index (κ3) is 2.39. The number of carboxylic acids is 2. The monoisotopic (exact) mass is 324 g/mol. The molecule has 124 valence electrons. The Morgan fingerprint density at radius 2 is 1.67 bits per heavy atom. The fourth-order valence-electron chi connectivity index (χ4n) is 3.80. The summed E-state index contributed by atoms with van der Waals surface area (Å²) in [6.07, 6.45) is 1.58. The van der Waals surface area contributed by atoms with Crippen LogP contribution < -0.4 is 0 Å². The number of hydrogen-bond donors (Lipinski definition) is 2. The molecule has 0 heterocycles. The van der Waals surface area contributed by atoms with E-state index in [1.54, 1.807) is 6.07 Å². The van der Waals surface area contributed by atoms with Crippen LogP contribution in [0, 0.1) is 20.8 Å². The summed E-state index contributed by atoms with van der Waals surface area (Å²) in [6.45, 7) is 6.17. The summed E-state index contributed by atoms with van der Waals surface area (Å²) in [5.74, 6) is -2.43. The molecule has 2 aromatic carbocycles. The number of carboxylic acid groups (broad SMARTS) is 2. The molecule has 0 aliphatic heterocycles. The van der Waals surface area contributed by atoms with Gasteiger partial charge in [0.25, 0.3) is 0 Å². The minimum atomic E-state index is -1.20. The van der Waals surface area contributed by atoms with E-state index < -0.39 is 11.9 Å². The second kappa shape index (κ2) is 5.78. The predicted octanol–water partition coefficient (Wildman–Crippen LogP) is 4.09. The summed E-state index contributed by atoms with van der Waals surface area (Å²) in [5, 5.41) is 19.0. The Morgan fingerprint density at radius 1 is 0.958 bits per heavy atom. The molecule has 0 radical (unpaired) electrons. The predicted molar refractivity (Wildman–Crippen MR) is 91.2 cm³/mol. The number of aryl methyl sites for hydroxylation is 2.